The average molecular weight is 356 g/mol. The maximum Gasteiger partial charge on any atom is 0.407 e. The maximum absolute atomic E-state index is 13.2. The Morgan fingerprint density at radius 2 is 1.76 bits per heavy atom. The van der Waals surface area contributed by atoms with Crippen molar-refractivity contribution in [1.29, 1.82) is 0 Å². The topological polar surface area (TPSA) is 105 Å². The molecule has 25 heavy (non-hydrogen) atoms. The van der Waals surface area contributed by atoms with Crippen LogP contribution in [0.4, 0.5) is 4.79 Å². The molecule has 2 fully saturated rings. The summed E-state index contributed by atoms with van der Waals surface area (Å²) in [4.78, 5) is 37.9. The zero-order chi connectivity index (χ0) is 18.7. The van der Waals surface area contributed by atoms with E-state index in [0.29, 0.717) is 25.7 Å². The average Bonchev–Trinajstić information content (AvgIpc) is 2.92. The van der Waals surface area contributed by atoms with Crippen molar-refractivity contribution in [3.05, 3.63) is 0 Å². The van der Waals surface area contributed by atoms with E-state index in [4.69, 9.17) is 4.74 Å². The Morgan fingerprint density at radius 3 is 2.28 bits per heavy atom. The van der Waals surface area contributed by atoms with E-state index in [9.17, 15) is 19.5 Å². The van der Waals surface area contributed by atoms with Crippen LogP contribution >= 0.6 is 0 Å². The van der Waals surface area contributed by atoms with Gasteiger partial charge in [0.2, 0.25) is 5.91 Å². The van der Waals surface area contributed by atoms with Gasteiger partial charge in [-0.2, -0.15) is 0 Å². The Hall–Kier alpha value is -1.83. The van der Waals surface area contributed by atoms with Gasteiger partial charge in [-0.3, -0.25) is 4.79 Å². The summed E-state index contributed by atoms with van der Waals surface area (Å²) in [6.07, 6.45) is 1.53. The lowest BCUT2D eigenvalue weighted by atomic mass is 9.85. The first kappa shape index (κ1) is 19.5. The summed E-state index contributed by atoms with van der Waals surface area (Å²) in [5, 5.41) is 12.1. The van der Waals surface area contributed by atoms with Crippen LogP contribution in [-0.4, -0.2) is 65.4 Å². The molecule has 8 heteroatoms. The molecule has 2 saturated heterocycles. The van der Waals surface area contributed by atoms with E-state index in [2.05, 4.69) is 10.1 Å². The molecule has 2 rings (SSSR count). The van der Waals surface area contributed by atoms with Crippen LogP contribution in [-0.2, 0) is 19.1 Å². The highest BCUT2D eigenvalue weighted by Gasteiger charge is 2.45. The van der Waals surface area contributed by atoms with Gasteiger partial charge in [-0.05, 0) is 52.4 Å². The zero-order valence-electron chi connectivity index (χ0n) is 15.2. The van der Waals surface area contributed by atoms with Crippen molar-refractivity contribution in [2.45, 2.75) is 76.8 Å². The van der Waals surface area contributed by atoms with Gasteiger partial charge in [-0.25, -0.2) is 9.59 Å². The van der Waals surface area contributed by atoms with E-state index < -0.39 is 24.1 Å². The van der Waals surface area contributed by atoms with Crippen molar-refractivity contribution in [2.75, 3.05) is 7.11 Å². The predicted molar refractivity (Wildman–Crippen MR) is 89.0 cm³/mol. The number of nitrogens with zero attached hydrogens (tertiary/aromatic N) is 1. The van der Waals surface area contributed by atoms with Crippen LogP contribution in [0.5, 0.6) is 0 Å². The minimum Gasteiger partial charge on any atom is -0.480 e. The molecule has 2 aliphatic rings. The van der Waals surface area contributed by atoms with Gasteiger partial charge in [0.15, 0.2) is 0 Å². The summed E-state index contributed by atoms with van der Waals surface area (Å²) >= 11 is 0. The molecule has 0 aromatic carbocycles. The number of amides is 2. The molecular weight excluding hydrogens is 328 g/mol. The molecule has 0 aromatic heterocycles. The minimum atomic E-state index is -1.01. The molecule has 0 spiro atoms. The number of hydrogen-bond acceptors (Lipinski definition) is 5. The number of aliphatic carboxylic acids is 1. The molecule has 2 heterocycles. The quantitative estimate of drug-likeness (QED) is 0.788. The van der Waals surface area contributed by atoms with Crippen LogP contribution in [0, 0.1) is 5.92 Å². The molecule has 0 aliphatic carbocycles. The highest BCUT2D eigenvalue weighted by Crippen LogP contribution is 2.31. The number of methoxy groups -OCH3 is 1. The van der Waals surface area contributed by atoms with E-state index in [-0.39, 0.29) is 30.1 Å². The van der Waals surface area contributed by atoms with Crippen LogP contribution in [0.3, 0.4) is 0 Å². The fraction of sp³-hybridized carbons (Fsp3) is 0.824. The Labute approximate surface area is 147 Å². The molecule has 0 bridgehead atoms. The molecule has 1 unspecified atom stereocenters. The van der Waals surface area contributed by atoms with Crippen LogP contribution in [0.1, 0.15) is 46.5 Å². The van der Waals surface area contributed by atoms with E-state index in [1.165, 1.54) is 12.0 Å². The number of hydrogen-bond donors (Lipinski definition) is 2. The third-order valence-corrected chi connectivity index (χ3v) is 5.14. The Bertz CT molecular complexity index is 515. The van der Waals surface area contributed by atoms with Crippen molar-refractivity contribution in [3.8, 4) is 0 Å². The zero-order valence-corrected chi connectivity index (χ0v) is 15.2. The van der Waals surface area contributed by atoms with E-state index in [1.54, 1.807) is 0 Å². The third kappa shape index (κ3) is 4.42. The van der Waals surface area contributed by atoms with Crippen molar-refractivity contribution in [2.24, 2.45) is 5.92 Å². The second-order valence-electron chi connectivity index (χ2n) is 7.13. The predicted octanol–water partition coefficient (Wildman–Crippen LogP) is 1.38. The lowest BCUT2D eigenvalue weighted by Gasteiger charge is -2.39. The minimum absolute atomic E-state index is 0.0326. The molecule has 2 amide bonds. The SMILES string of the molecule is COC(=O)NC(C(=O)N1[C@@H](C)CC[C@H]1C(=O)O)C1C[C@@H](C)O[C@H](C)C1. The molecule has 2 aliphatic heterocycles. The second kappa shape index (κ2) is 8.03. The first-order valence-electron chi connectivity index (χ1n) is 8.79. The summed E-state index contributed by atoms with van der Waals surface area (Å²) in [5.74, 6) is -1.50. The summed E-state index contributed by atoms with van der Waals surface area (Å²) < 4.78 is 10.4. The molecular formula is C17H28N2O6. The summed E-state index contributed by atoms with van der Waals surface area (Å²) in [7, 11) is 1.24. The van der Waals surface area contributed by atoms with Crippen LogP contribution < -0.4 is 5.32 Å². The molecule has 0 aromatic rings. The van der Waals surface area contributed by atoms with E-state index in [1.807, 2.05) is 20.8 Å². The number of nitrogens with one attached hydrogen (secondary N) is 1. The van der Waals surface area contributed by atoms with Gasteiger partial charge < -0.3 is 24.8 Å². The number of carboxylic acids is 1. The molecule has 2 N–H and O–H groups in total. The number of carboxylic acid groups (broad SMARTS) is 1. The lowest BCUT2D eigenvalue weighted by molar-refractivity contribution is -0.152. The normalized spacial score (nSPS) is 33.6. The third-order valence-electron chi connectivity index (χ3n) is 5.14. The van der Waals surface area contributed by atoms with Gasteiger partial charge in [0.05, 0.1) is 19.3 Å². The Balaban J connectivity index is 2.25. The summed E-state index contributed by atoms with van der Waals surface area (Å²) in [6, 6.07) is -1.84. The van der Waals surface area contributed by atoms with Gasteiger partial charge in [0.25, 0.3) is 0 Å². The largest absolute Gasteiger partial charge is 0.480 e. The molecule has 142 valence electrons. The number of alkyl carbamates (subject to hydrolysis) is 1. The van der Waals surface area contributed by atoms with Crippen LogP contribution in [0.25, 0.3) is 0 Å². The fourth-order valence-electron chi connectivity index (χ4n) is 4.05. The smallest absolute Gasteiger partial charge is 0.407 e. The monoisotopic (exact) mass is 356 g/mol. The molecule has 5 atom stereocenters. The summed E-state index contributed by atoms with van der Waals surface area (Å²) in [6.45, 7) is 5.70. The number of ether oxygens (including phenoxy) is 2. The first-order chi connectivity index (χ1) is 11.7. The standard InChI is InChI=1S/C17H28N2O6/c1-9-5-6-13(16(21)22)19(9)15(20)14(18-17(23)24-4)12-7-10(2)25-11(3)8-12/h9-14H,5-8H2,1-4H3,(H,18,23)(H,21,22)/t9-,10+,11+,13-,14?/m0/s1. The number of rotatable bonds is 4. The highest BCUT2D eigenvalue weighted by atomic mass is 16.5. The first-order valence-corrected chi connectivity index (χ1v) is 8.79. The van der Waals surface area contributed by atoms with Crippen molar-refractivity contribution >= 4 is 18.0 Å². The van der Waals surface area contributed by atoms with Gasteiger partial charge in [-0.15, -0.1) is 0 Å². The maximum atomic E-state index is 13.2. The number of carbonyl (C=O) groups is 3. The van der Waals surface area contributed by atoms with Crippen LogP contribution in [0.2, 0.25) is 0 Å². The van der Waals surface area contributed by atoms with Crippen LogP contribution in [0.15, 0.2) is 0 Å². The number of likely N-dealkylation sites (tertiary alicyclic amines) is 1. The molecule has 0 radical (unpaired) electrons. The van der Waals surface area contributed by atoms with Gasteiger partial charge in [-0.1, -0.05) is 0 Å². The molecule has 0 saturated carbocycles. The van der Waals surface area contributed by atoms with Gasteiger partial charge in [0.1, 0.15) is 12.1 Å². The van der Waals surface area contributed by atoms with E-state index >= 15 is 0 Å². The van der Waals surface area contributed by atoms with Crippen molar-refractivity contribution < 1.29 is 29.0 Å². The highest BCUT2D eigenvalue weighted by molar-refractivity contribution is 5.90. The van der Waals surface area contributed by atoms with E-state index in [0.717, 1.165) is 0 Å². The summed E-state index contributed by atoms with van der Waals surface area (Å²) in [5.41, 5.74) is 0. The van der Waals surface area contributed by atoms with Gasteiger partial charge in [0, 0.05) is 6.04 Å². The van der Waals surface area contributed by atoms with Crippen molar-refractivity contribution in [1.82, 2.24) is 10.2 Å². The van der Waals surface area contributed by atoms with Crippen molar-refractivity contribution in [3.63, 3.8) is 0 Å². The Kier molecular flexibility index (Phi) is 6.26. The number of carbonyl (C=O) groups excluding carboxylic acids is 2. The lowest BCUT2D eigenvalue weighted by Crippen LogP contribution is -2.57. The van der Waals surface area contributed by atoms with Gasteiger partial charge >= 0.3 is 12.1 Å². The second-order valence-corrected chi connectivity index (χ2v) is 7.13. The molecule has 8 nitrogen and oxygen atoms in total. The Morgan fingerprint density at radius 1 is 1.16 bits per heavy atom. The fourth-order valence-corrected chi connectivity index (χ4v) is 4.05.